The Hall–Kier alpha value is -3.28. The minimum atomic E-state index is -0.204. The number of hydrogen-bond donors (Lipinski definition) is 1. The molecule has 1 N–H and O–H groups in total. The summed E-state index contributed by atoms with van der Waals surface area (Å²) in [6.07, 6.45) is 8.24. The number of benzene rings is 1. The lowest BCUT2D eigenvalue weighted by molar-refractivity contribution is 0.0946. The molecule has 0 atom stereocenters. The van der Waals surface area contributed by atoms with E-state index in [0.29, 0.717) is 18.1 Å². The normalized spacial score (nSPS) is 14.3. The van der Waals surface area contributed by atoms with E-state index >= 15 is 0 Å². The van der Waals surface area contributed by atoms with Gasteiger partial charge in [-0.2, -0.15) is 0 Å². The van der Waals surface area contributed by atoms with Gasteiger partial charge in [0.1, 0.15) is 11.5 Å². The van der Waals surface area contributed by atoms with Crippen LogP contribution >= 0.6 is 0 Å². The lowest BCUT2D eigenvalue weighted by Crippen LogP contribution is -2.28. The van der Waals surface area contributed by atoms with Crippen molar-refractivity contribution in [3.8, 4) is 11.4 Å². The highest BCUT2D eigenvalue weighted by atomic mass is 16.1. The van der Waals surface area contributed by atoms with E-state index in [0.717, 1.165) is 42.9 Å². The SMILES string of the molecule is O=C(NCc1cccnc1)c1cc(N2CCCCCC2)nc(-c2ccccc2)n1. The fourth-order valence-electron chi connectivity index (χ4n) is 3.50. The van der Waals surface area contributed by atoms with E-state index in [1.165, 1.54) is 12.8 Å². The Morgan fingerprint density at radius 1 is 0.966 bits per heavy atom. The molecule has 3 aromatic rings. The summed E-state index contributed by atoms with van der Waals surface area (Å²) in [7, 11) is 0. The second-order valence-electron chi connectivity index (χ2n) is 7.25. The first kappa shape index (κ1) is 19.1. The van der Waals surface area contributed by atoms with Crippen LogP contribution in [-0.4, -0.2) is 33.9 Å². The first-order valence-electron chi connectivity index (χ1n) is 10.2. The minimum Gasteiger partial charge on any atom is -0.356 e. The van der Waals surface area contributed by atoms with Gasteiger partial charge >= 0.3 is 0 Å². The van der Waals surface area contributed by atoms with Crippen LogP contribution in [0.3, 0.4) is 0 Å². The molecule has 3 heterocycles. The Balaban J connectivity index is 1.62. The van der Waals surface area contributed by atoms with Gasteiger partial charge in [0.15, 0.2) is 5.82 Å². The van der Waals surface area contributed by atoms with Crippen LogP contribution < -0.4 is 10.2 Å². The van der Waals surface area contributed by atoms with Gasteiger partial charge in [0.05, 0.1) is 0 Å². The minimum absolute atomic E-state index is 0.204. The predicted octanol–water partition coefficient (Wildman–Crippen LogP) is 3.85. The lowest BCUT2D eigenvalue weighted by atomic mass is 10.2. The number of aromatic nitrogens is 3. The molecule has 6 nitrogen and oxygen atoms in total. The highest BCUT2D eigenvalue weighted by Gasteiger charge is 2.17. The number of rotatable bonds is 5. The number of hydrogen-bond acceptors (Lipinski definition) is 5. The molecule has 0 bridgehead atoms. The molecule has 6 heteroatoms. The molecular formula is C23H25N5O. The van der Waals surface area contributed by atoms with Crippen molar-refractivity contribution in [2.45, 2.75) is 32.2 Å². The molecule has 0 radical (unpaired) electrons. The van der Waals surface area contributed by atoms with E-state index < -0.39 is 0 Å². The second kappa shape index (κ2) is 9.28. The van der Waals surface area contributed by atoms with E-state index in [1.54, 1.807) is 12.4 Å². The maximum atomic E-state index is 12.9. The molecule has 1 aliphatic heterocycles. The summed E-state index contributed by atoms with van der Waals surface area (Å²) < 4.78 is 0. The summed E-state index contributed by atoms with van der Waals surface area (Å²) in [4.78, 5) is 28.6. The third-order valence-electron chi connectivity index (χ3n) is 5.08. The molecular weight excluding hydrogens is 362 g/mol. The topological polar surface area (TPSA) is 71.0 Å². The van der Waals surface area contributed by atoms with Gasteiger partial charge in [0.25, 0.3) is 5.91 Å². The van der Waals surface area contributed by atoms with Crippen molar-refractivity contribution in [3.05, 3.63) is 72.2 Å². The highest BCUT2D eigenvalue weighted by Crippen LogP contribution is 2.23. The molecule has 0 aliphatic carbocycles. The molecule has 1 amide bonds. The molecule has 1 aromatic carbocycles. The van der Waals surface area contributed by atoms with Gasteiger partial charge in [0, 0.05) is 43.7 Å². The van der Waals surface area contributed by atoms with Crippen molar-refractivity contribution >= 4 is 11.7 Å². The summed E-state index contributed by atoms with van der Waals surface area (Å²) in [6.45, 7) is 2.33. The third kappa shape index (κ3) is 4.96. The van der Waals surface area contributed by atoms with Gasteiger partial charge in [-0.25, -0.2) is 9.97 Å². The molecule has 4 rings (SSSR count). The molecule has 0 unspecified atom stereocenters. The first-order valence-corrected chi connectivity index (χ1v) is 10.2. The number of nitrogens with one attached hydrogen (secondary N) is 1. The van der Waals surface area contributed by atoms with Crippen LogP contribution in [-0.2, 0) is 6.54 Å². The monoisotopic (exact) mass is 387 g/mol. The van der Waals surface area contributed by atoms with Gasteiger partial charge in [-0.3, -0.25) is 9.78 Å². The predicted molar refractivity (Wildman–Crippen MR) is 114 cm³/mol. The van der Waals surface area contributed by atoms with Gasteiger partial charge in [-0.1, -0.05) is 49.2 Å². The molecule has 0 saturated carbocycles. The van der Waals surface area contributed by atoms with Crippen molar-refractivity contribution in [2.24, 2.45) is 0 Å². The Kier molecular flexibility index (Phi) is 6.10. The summed E-state index contributed by atoms with van der Waals surface area (Å²) in [5.74, 6) is 1.20. The van der Waals surface area contributed by atoms with E-state index in [4.69, 9.17) is 4.98 Å². The van der Waals surface area contributed by atoms with Crippen LogP contribution in [0.4, 0.5) is 5.82 Å². The van der Waals surface area contributed by atoms with Crippen LogP contribution in [0.5, 0.6) is 0 Å². The number of nitrogens with zero attached hydrogens (tertiary/aromatic N) is 4. The van der Waals surface area contributed by atoms with Crippen LogP contribution in [0.2, 0.25) is 0 Å². The number of amides is 1. The Labute approximate surface area is 171 Å². The summed E-state index contributed by atoms with van der Waals surface area (Å²) in [6, 6.07) is 15.4. The molecule has 2 aromatic heterocycles. The Morgan fingerprint density at radius 2 is 1.76 bits per heavy atom. The fraction of sp³-hybridized carbons (Fsp3) is 0.304. The second-order valence-corrected chi connectivity index (χ2v) is 7.25. The van der Waals surface area contributed by atoms with Gasteiger partial charge in [-0.05, 0) is 24.5 Å². The molecule has 1 saturated heterocycles. The quantitative estimate of drug-likeness (QED) is 0.720. The van der Waals surface area contributed by atoms with Crippen molar-refractivity contribution in [2.75, 3.05) is 18.0 Å². The largest absolute Gasteiger partial charge is 0.356 e. The first-order chi connectivity index (χ1) is 14.3. The van der Waals surface area contributed by atoms with Crippen LogP contribution in [0, 0.1) is 0 Å². The average Bonchev–Trinajstić information content (AvgIpc) is 3.08. The van der Waals surface area contributed by atoms with E-state index in [2.05, 4.69) is 20.2 Å². The fourth-order valence-corrected chi connectivity index (χ4v) is 3.50. The van der Waals surface area contributed by atoms with Crippen LogP contribution in [0.25, 0.3) is 11.4 Å². The maximum absolute atomic E-state index is 12.9. The van der Waals surface area contributed by atoms with E-state index in [-0.39, 0.29) is 5.91 Å². The zero-order chi connectivity index (χ0) is 19.9. The molecule has 1 fully saturated rings. The number of anilines is 1. The van der Waals surface area contributed by atoms with Crippen LogP contribution in [0.1, 0.15) is 41.7 Å². The van der Waals surface area contributed by atoms with Gasteiger partial charge in [-0.15, -0.1) is 0 Å². The Morgan fingerprint density at radius 3 is 2.48 bits per heavy atom. The van der Waals surface area contributed by atoms with Crippen LogP contribution in [0.15, 0.2) is 60.9 Å². The maximum Gasteiger partial charge on any atom is 0.270 e. The summed E-state index contributed by atoms with van der Waals surface area (Å²) >= 11 is 0. The average molecular weight is 387 g/mol. The molecule has 29 heavy (non-hydrogen) atoms. The lowest BCUT2D eigenvalue weighted by Gasteiger charge is -2.22. The molecule has 1 aliphatic rings. The summed E-state index contributed by atoms with van der Waals surface area (Å²) in [5.41, 5.74) is 2.25. The van der Waals surface area contributed by atoms with Crippen molar-refractivity contribution in [1.82, 2.24) is 20.3 Å². The zero-order valence-electron chi connectivity index (χ0n) is 16.4. The summed E-state index contributed by atoms with van der Waals surface area (Å²) in [5, 5.41) is 2.95. The molecule has 0 spiro atoms. The van der Waals surface area contributed by atoms with Crippen molar-refractivity contribution < 1.29 is 4.79 Å². The molecule has 148 valence electrons. The smallest absolute Gasteiger partial charge is 0.270 e. The number of carbonyl (C=O) groups excluding carboxylic acids is 1. The van der Waals surface area contributed by atoms with E-state index in [9.17, 15) is 4.79 Å². The Bertz CT molecular complexity index is 938. The zero-order valence-corrected chi connectivity index (χ0v) is 16.4. The van der Waals surface area contributed by atoms with E-state index in [1.807, 2.05) is 48.5 Å². The number of carbonyl (C=O) groups is 1. The standard InChI is InChI=1S/C23H25N5O/c29-23(25-17-18-9-8-12-24-16-18)20-15-21(28-13-6-1-2-7-14-28)27-22(26-20)19-10-4-3-5-11-19/h3-5,8-12,15-16H,1-2,6-7,13-14,17H2,(H,25,29). The number of pyridine rings is 1. The van der Waals surface area contributed by atoms with Gasteiger partial charge in [0.2, 0.25) is 0 Å². The highest BCUT2D eigenvalue weighted by molar-refractivity contribution is 5.93. The van der Waals surface area contributed by atoms with Crippen molar-refractivity contribution in [3.63, 3.8) is 0 Å². The third-order valence-corrected chi connectivity index (χ3v) is 5.08. The van der Waals surface area contributed by atoms with Crippen molar-refractivity contribution in [1.29, 1.82) is 0 Å². The van der Waals surface area contributed by atoms with Gasteiger partial charge < -0.3 is 10.2 Å².